The molecule has 1 aliphatic carbocycles. The van der Waals surface area contributed by atoms with Crippen LogP contribution in [0.4, 0.5) is 0 Å². The number of halogens is 1. The molecule has 0 bridgehead atoms. The first-order valence-corrected chi connectivity index (χ1v) is 4.86. The van der Waals surface area contributed by atoms with Crippen molar-refractivity contribution in [3.05, 3.63) is 0 Å². The lowest BCUT2D eigenvalue weighted by Crippen LogP contribution is -2.44. The van der Waals surface area contributed by atoms with Crippen molar-refractivity contribution in [2.24, 2.45) is 0 Å². The quantitative estimate of drug-likeness (QED) is 0.728. The predicted octanol–water partition coefficient (Wildman–Crippen LogP) is 3.33. The van der Waals surface area contributed by atoms with Gasteiger partial charge in [-0.3, -0.25) is 0 Å². The highest BCUT2D eigenvalue weighted by molar-refractivity contribution is 14.0. The van der Waals surface area contributed by atoms with Gasteiger partial charge in [-0.1, -0.05) is 19.3 Å². The Morgan fingerprint density at radius 3 is 1.92 bits per heavy atom. The minimum Gasteiger partial charge on any atom is -0.309 e. The van der Waals surface area contributed by atoms with Crippen LogP contribution >= 0.6 is 24.0 Å². The first-order chi connectivity index (χ1) is 5.08. The summed E-state index contributed by atoms with van der Waals surface area (Å²) in [5.74, 6) is 0. The highest BCUT2D eigenvalue weighted by Crippen LogP contribution is 2.19. The molecule has 1 N–H and O–H groups in total. The molecule has 1 saturated carbocycles. The third-order valence-electron chi connectivity index (χ3n) is 2.24. The molecule has 0 saturated heterocycles. The summed E-state index contributed by atoms with van der Waals surface area (Å²) in [6, 6.07) is 0.795. The van der Waals surface area contributed by atoms with Crippen molar-refractivity contribution >= 4 is 24.0 Å². The lowest BCUT2D eigenvalue weighted by Gasteiger charge is -2.31. The summed E-state index contributed by atoms with van der Waals surface area (Å²) in [6.07, 6.45) is 7.07. The fraction of sp³-hybridized carbons (Fsp3) is 1.00. The van der Waals surface area contributed by atoms with Gasteiger partial charge in [-0.05, 0) is 33.6 Å². The molecule has 1 fully saturated rings. The first kappa shape index (κ1) is 12.7. The summed E-state index contributed by atoms with van der Waals surface area (Å²) < 4.78 is 0. The van der Waals surface area contributed by atoms with E-state index in [9.17, 15) is 0 Å². The van der Waals surface area contributed by atoms with Crippen molar-refractivity contribution in [3.8, 4) is 0 Å². The maximum absolute atomic E-state index is 3.66. The Bertz CT molecular complexity index is 111. The Balaban J connectivity index is 0.00000121. The molecule has 0 aromatic heterocycles. The molecule has 2 heteroatoms. The van der Waals surface area contributed by atoms with E-state index >= 15 is 0 Å². The van der Waals surface area contributed by atoms with Crippen LogP contribution in [-0.4, -0.2) is 11.6 Å². The SMILES string of the molecule is CC(C)(C)NC1CCCCC1.I. The van der Waals surface area contributed by atoms with Crippen molar-refractivity contribution in [1.82, 2.24) is 5.32 Å². The van der Waals surface area contributed by atoms with E-state index in [2.05, 4.69) is 26.1 Å². The minimum atomic E-state index is 0. The molecule has 0 spiro atoms. The van der Waals surface area contributed by atoms with Gasteiger partial charge < -0.3 is 5.32 Å². The van der Waals surface area contributed by atoms with Crippen LogP contribution in [0.1, 0.15) is 52.9 Å². The Hall–Kier alpha value is 0.690. The van der Waals surface area contributed by atoms with E-state index in [0.717, 1.165) is 6.04 Å². The van der Waals surface area contributed by atoms with E-state index in [1.54, 1.807) is 0 Å². The lowest BCUT2D eigenvalue weighted by molar-refractivity contribution is 0.295. The summed E-state index contributed by atoms with van der Waals surface area (Å²) in [5.41, 5.74) is 0.308. The van der Waals surface area contributed by atoms with Crippen LogP contribution in [0.5, 0.6) is 0 Å². The van der Waals surface area contributed by atoms with E-state index in [-0.39, 0.29) is 24.0 Å². The molecule has 0 heterocycles. The Morgan fingerprint density at radius 1 is 1.00 bits per heavy atom. The average molecular weight is 283 g/mol. The van der Waals surface area contributed by atoms with Gasteiger partial charge >= 0.3 is 0 Å². The zero-order chi connectivity index (χ0) is 8.32. The molecule has 0 amide bonds. The minimum absolute atomic E-state index is 0. The molecule has 0 atom stereocenters. The molecular weight excluding hydrogens is 261 g/mol. The normalized spacial score (nSPS) is 20.2. The molecular formula is C10H22IN. The van der Waals surface area contributed by atoms with Crippen LogP contribution in [0.25, 0.3) is 0 Å². The molecule has 0 aromatic carbocycles. The standard InChI is InChI=1S/C10H21N.HI/c1-10(2,3)11-9-7-5-4-6-8-9;/h9,11H,4-8H2,1-3H3;1H. The summed E-state index contributed by atoms with van der Waals surface area (Å²) >= 11 is 0. The maximum atomic E-state index is 3.66. The van der Waals surface area contributed by atoms with Gasteiger partial charge in [0, 0.05) is 11.6 Å². The molecule has 1 aliphatic rings. The fourth-order valence-electron chi connectivity index (χ4n) is 1.86. The zero-order valence-electron chi connectivity index (χ0n) is 8.52. The first-order valence-electron chi connectivity index (χ1n) is 4.86. The highest BCUT2D eigenvalue weighted by atomic mass is 127. The smallest absolute Gasteiger partial charge is 0.00990 e. The van der Waals surface area contributed by atoms with E-state index in [4.69, 9.17) is 0 Å². The molecule has 0 radical (unpaired) electrons. The van der Waals surface area contributed by atoms with Gasteiger partial charge in [-0.2, -0.15) is 0 Å². The van der Waals surface area contributed by atoms with Crippen molar-refractivity contribution in [1.29, 1.82) is 0 Å². The second-order valence-corrected chi connectivity index (χ2v) is 4.73. The van der Waals surface area contributed by atoms with Gasteiger partial charge in [0.05, 0.1) is 0 Å². The summed E-state index contributed by atoms with van der Waals surface area (Å²) in [7, 11) is 0. The van der Waals surface area contributed by atoms with Crippen molar-refractivity contribution in [2.75, 3.05) is 0 Å². The van der Waals surface area contributed by atoms with Crippen LogP contribution in [-0.2, 0) is 0 Å². The second kappa shape index (κ2) is 5.43. The van der Waals surface area contributed by atoms with Crippen LogP contribution in [0.2, 0.25) is 0 Å². The third kappa shape index (κ3) is 5.36. The van der Waals surface area contributed by atoms with Crippen LogP contribution in [0.15, 0.2) is 0 Å². The van der Waals surface area contributed by atoms with Crippen LogP contribution in [0, 0.1) is 0 Å². The van der Waals surface area contributed by atoms with Gasteiger partial charge in [0.2, 0.25) is 0 Å². The van der Waals surface area contributed by atoms with E-state index in [1.807, 2.05) is 0 Å². The molecule has 1 rings (SSSR count). The van der Waals surface area contributed by atoms with Crippen LogP contribution in [0.3, 0.4) is 0 Å². The van der Waals surface area contributed by atoms with Crippen molar-refractivity contribution < 1.29 is 0 Å². The summed E-state index contributed by atoms with van der Waals surface area (Å²) in [5, 5.41) is 3.66. The molecule has 74 valence electrons. The molecule has 0 aromatic rings. The number of rotatable bonds is 1. The van der Waals surface area contributed by atoms with E-state index in [1.165, 1.54) is 32.1 Å². The maximum Gasteiger partial charge on any atom is 0.00990 e. The molecule has 0 unspecified atom stereocenters. The number of nitrogens with one attached hydrogen (secondary N) is 1. The topological polar surface area (TPSA) is 12.0 Å². The Kier molecular flexibility index (Phi) is 5.74. The van der Waals surface area contributed by atoms with Gasteiger partial charge in [0.25, 0.3) is 0 Å². The highest BCUT2D eigenvalue weighted by Gasteiger charge is 2.18. The Labute approximate surface area is 93.7 Å². The second-order valence-electron chi connectivity index (χ2n) is 4.73. The fourth-order valence-corrected chi connectivity index (χ4v) is 1.86. The number of hydrogen-bond acceptors (Lipinski definition) is 1. The van der Waals surface area contributed by atoms with Gasteiger partial charge in [-0.25, -0.2) is 0 Å². The monoisotopic (exact) mass is 283 g/mol. The van der Waals surface area contributed by atoms with E-state index in [0.29, 0.717) is 5.54 Å². The predicted molar refractivity (Wildman–Crippen MR) is 65.2 cm³/mol. The lowest BCUT2D eigenvalue weighted by atomic mass is 9.93. The molecule has 12 heavy (non-hydrogen) atoms. The molecule has 1 nitrogen and oxygen atoms in total. The van der Waals surface area contributed by atoms with Gasteiger partial charge in [0.1, 0.15) is 0 Å². The van der Waals surface area contributed by atoms with Gasteiger partial charge in [0.15, 0.2) is 0 Å². The van der Waals surface area contributed by atoms with Crippen molar-refractivity contribution in [2.45, 2.75) is 64.5 Å². The van der Waals surface area contributed by atoms with Gasteiger partial charge in [-0.15, -0.1) is 24.0 Å². The van der Waals surface area contributed by atoms with Crippen LogP contribution < -0.4 is 5.32 Å². The zero-order valence-corrected chi connectivity index (χ0v) is 10.9. The summed E-state index contributed by atoms with van der Waals surface area (Å²) in [4.78, 5) is 0. The summed E-state index contributed by atoms with van der Waals surface area (Å²) in [6.45, 7) is 6.75. The Morgan fingerprint density at radius 2 is 1.50 bits per heavy atom. The van der Waals surface area contributed by atoms with E-state index < -0.39 is 0 Å². The average Bonchev–Trinajstić information content (AvgIpc) is 1.85. The third-order valence-corrected chi connectivity index (χ3v) is 2.24. The number of hydrogen-bond donors (Lipinski definition) is 1. The largest absolute Gasteiger partial charge is 0.309 e. The molecule has 0 aliphatic heterocycles. The van der Waals surface area contributed by atoms with Crippen molar-refractivity contribution in [3.63, 3.8) is 0 Å².